The minimum Gasteiger partial charge on any atom is -0.464 e. The van der Waals surface area contributed by atoms with Crippen LogP contribution in [0.5, 0.6) is 0 Å². The number of aromatic amines is 1. The van der Waals surface area contributed by atoms with Crippen LogP contribution < -0.4 is 0 Å². The van der Waals surface area contributed by atoms with E-state index in [4.69, 9.17) is 4.42 Å². The number of H-pyrrole nitrogens is 1. The van der Waals surface area contributed by atoms with Crippen LogP contribution in [0.4, 0.5) is 0 Å². The quantitative estimate of drug-likeness (QED) is 0.503. The van der Waals surface area contributed by atoms with Gasteiger partial charge >= 0.3 is 0 Å². The number of aryl methyl sites for hydroxylation is 1. The van der Waals surface area contributed by atoms with Crippen molar-refractivity contribution in [1.82, 2.24) is 20.1 Å². The highest BCUT2D eigenvalue weighted by molar-refractivity contribution is 5.90. The van der Waals surface area contributed by atoms with Crippen molar-refractivity contribution in [2.45, 2.75) is 33.0 Å². The minimum absolute atomic E-state index is 0.0127. The second-order valence-corrected chi connectivity index (χ2v) is 7.69. The lowest BCUT2D eigenvalue weighted by Gasteiger charge is -2.38. The van der Waals surface area contributed by atoms with E-state index in [1.807, 2.05) is 37.1 Å². The average Bonchev–Trinajstić information content (AvgIpc) is 3.43. The number of pyridine rings is 1. The summed E-state index contributed by atoms with van der Waals surface area (Å²) in [5, 5.41) is 8.06. The van der Waals surface area contributed by atoms with Crippen LogP contribution in [-0.4, -0.2) is 32.5 Å². The molecule has 150 valence electrons. The zero-order chi connectivity index (χ0) is 20.7. The van der Waals surface area contributed by atoms with Crippen molar-refractivity contribution in [2.75, 3.05) is 0 Å². The molecule has 4 heterocycles. The lowest BCUT2D eigenvalue weighted by molar-refractivity contribution is 0.252. The molecule has 0 fully saturated rings. The number of rotatable bonds is 4. The van der Waals surface area contributed by atoms with E-state index >= 15 is 0 Å². The van der Waals surface area contributed by atoms with E-state index in [9.17, 15) is 0 Å². The molecule has 5 rings (SSSR count). The fraction of sp³-hybridized carbons (Fsp3) is 0.208. The number of nitrogens with zero attached hydrogens (tertiary/aromatic N) is 4. The molecule has 1 N–H and O–H groups in total. The molecule has 6 nitrogen and oxygen atoms in total. The van der Waals surface area contributed by atoms with Crippen LogP contribution in [0, 0.1) is 6.92 Å². The lowest BCUT2D eigenvalue weighted by Crippen LogP contribution is -2.35. The molecule has 0 spiro atoms. The summed E-state index contributed by atoms with van der Waals surface area (Å²) in [7, 11) is 0. The summed E-state index contributed by atoms with van der Waals surface area (Å²) in [6.07, 6.45) is 13.3. The third-order valence-corrected chi connectivity index (χ3v) is 5.77. The molecule has 3 aromatic heterocycles. The fourth-order valence-electron chi connectivity index (χ4n) is 4.10. The van der Waals surface area contributed by atoms with Crippen LogP contribution in [0.3, 0.4) is 0 Å². The van der Waals surface area contributed by atoms with Crippen LogP contribution in [0.1, 0.15) is 36.6 Å². The Hall–Kier alpha value is -3.67. The average molecular weight is 397 g/mol. The van der Waals surface area contributed by atoms with Gasteiger partial charge in [-0.25, -0.2) is 0 Å². The molecule has 0 saturated carbocycles. The molecule has 0 saturated heterocycles. The maximum Gasteiger partial charge on any atom is 0.134 e. The first-order valence-electron chi connectivity index (χ1n) is 10.1. The monoisotopic (exact) mass is 397 g/mol. The largest absolute Gasteiger partial charge is 0.464 e. The van der Waals surface area contributed by atoms with Gasteiger partial charge in [0.1, 0.15) is 11.7 Å². The molecule has 0 bridgehead atoms. The molecule has 2 atom stereocenters. The van der Waals surface area contributed by atoms with Gasteiger partial charge < -0.3 is 9.32 Å². The lowest BCUT2D eigenvalue weighted by atomic mass is 10.00. The first-order chi connectivity index (χ1) is 14.6. The third-order valence-electron chi connectivity index (χ3n) is 5.77. The molecular formula is C24H23N5O. The normalized spacial score (nSPS) is 17.4. The number of hydrogen-bond donors (Lipinski definition) is 1. The second kappa shape index (κ2) is 7.30. The zero-order valence-corrected chi connectivity index (χ0v) is 17.2. The van der Waals surface area contributed by atoms with Crippen molar-refractivity contribution in [3.05, 3.63) is 78.1 Å². The first-order valence-corrected chi connectivity index (χ1v) is 10.1. The first kappa shape index (κ1) is 18.4. The number of nitrogens with one attached hydrogen (secondary N) is 1. The highest BCUT2D eigenvalue weighted by atomic mass is 16.3. The number of aliphatic imine (C=N–C) groups is 1. The van der Waals surface area contributed by atoms with Gasteiger partial charge in [-0.15, -0.1) is 0 Å². The summed E-state index contributed by atoms with van der Waals surface area (Å²) < 4.78 is 5.63. The maximum absolute atomic E-state index is 5.63. The number of allylic oxidation sites excluding steroid dienone is 1. The Morgan fingerprint density at radius 3 is 2.83 bits per heavy atom. The van der Waals surface area contributed by atoms with Gasteiger partial charge in [0.15, 0.2) is 0 Å². The van der Waals surface area contributed by atoms with E-state index in [2.05, 4.69) is 70.1 Å². The van der Waals surface area contributed by atoms with Gasteiger partial charge in [0.05, 0.1) is 18.5 Å². The Labute approximate surface area is 175 Å². The van der Waals surface area contributed by atoms with E-state index in [0.717, 1.165) is 44.5 Å². The SMILES string of the molecule is Cc1coc2ccc(C3=CC=NC(C)N3[C@@H](C)c3cncc(-c4cn[nH]c4)c3)cc12. The van der Waals surface area contributed by atoms with Crippen LogP contribution >= 0.6 is 0 Å². The standard InChI is InChI=1S/C24H23N5O/c1-15-14-30-24-5-4-18(9-22(15)24)23-6-7-26-17(3)29(23)16(2)19-8-20(11-25-10-19)21-12-27-28-13-21/h4-14,16-17H,1-3H3,(H,27,28)/t16-,17?/m0/s1. The Bertz CT molecular complexity index is 1250. The predicted molar refractivity (Wildman–Crippen MR) is 119 cm³/mol. The van der Waals surface area contributed by atoms with Crippen LogP contribution in [0.2, 0.25) is 0 Å². The molecule has 1 aliphatic heterocycles. The van der Waals surface area contributed by atoms with Gasteiger partial charge in [-0.05, 0) is 67.8 Å². The molecule has 0 aliphatic carbocycles. The minimum atomic E-state index is 0.0127. The van der Waals surface area contributed by atoms with E-state index < -0.39 is 0 Å². The molecular weight excluding hydrogens is 374 g/mol. The van der Waals surface area contributed by atoms with E-state index in [0.29, 0.717) is 0 Å². The summed E-state index contributed by atoms with van der Waals surface area (Å²) in [6.45, 7) is 6.39. The molecule has 0 radical (unpaired) electrons. The number of furan rings is 1. The van der Waals surface area contributed by atoms with Gasteiger partial charge in [0, 0.05) is 47.0 Å². The molecule has 6 heteroatoms. The molecule has 4 aromatic rings. The smallest absolute Gasteiger partial charge is 0.134 e. The van der Waals surface area contributed by atoms with Crippen molar-refractivity contribution < 1.29 is 4.42 Å². The molecule has 1 aliphatic rings. The van der Waals surface area contributed by atoms with Gasteiger partial charge in [-0.3, -0.25) is 15.1 Å². The van der Waals surface area contributed by atoms with Gasteiger partial charge in [-0.2, -0.15) is 5.10 Å². The number of benzene rings is 1. The summed E-state index contributed by atoms with van der Waals surface area (Å²) in [4.78, 5) is 11.5. The Balaban J connectivity index is 1.54. The molecule has 0 amide bonds. The Kier molecular flexibility index (Phi) is 4.47. The van der Waals surface area contributed by atoms with Crippen LogP contribution in [0.15, 0.2) is 70.8 Å². The molecule has 30 heavy (non-hydrogen) atoms. The van der Waals surface area contributed by atoms with Crippen molar-refractivity contribution in [1.29, 1.82) is 0 Å². The Morgan fingerprint density at radius 2 is 2.00 bits per heavy atom. The van der Waals surface area contributed by atoms with Crippen LogP contribution in [0.25, 0.3) is 27.8 Å². The number of aromatic nitrogens is 3. The molecule has 1 aromatic carbocycles. The van der Waals surface area contributed by atoms with Crippen LogP contribution in [-0.2, 0) is 0 Å². The summed E-state index contributed by atoms with van der Waals surface area (Å²) >= 11 is 0. The van der Waals surface area contributed by atoms with E-state index in [1.165, 1.54) is 0 Å². The Morgan fingerprint density at radius 1 is 1.10 bits per heavy atom. The third kappa shape index (κ3) is 3.10. The van der Waals surface area contributed by atoms with Crippen molar-refractivity contribution in [3.63, 3.8) is 0 Å². The zero-order valence-electron chi connectivity index (χ0n) is 17.2. The maximum atomic E-state index is 5.63. The number of fused-ring (bicyclic) bond motifs is 1. The predicted octanol–water partition coefficient (Wildman–Crippen LogP) is 5.36. The van der Waals surface area contributed by atoms with Crippen molar-refractivity contribution >= 4 is 22.9 Å². The van der Waals surface area contributed by atoms with E-state index in [-0.39, 0.29) is 12.2 Å². The fourth-order valence-corrected chi connectivity index (χ4v) is 4.10. The number of hydrogen-bond acceptors (Lipinski definition) is 5. The topological polar surface area (TPSA) is 70.3 Å². The van der Waals surface area contributed by atoms with Gasteiger partial charge in [0.2, 0.25) is 0 Å². The van der Waals surface area contributed by atoms with Gasteiger partial charge in [0.25, 0.3) is 0 Å². The van der Waals surface area contributed by atoms with Crippen molar-refractivity contribution in [2.24, 2.45) is 4.99 Å². The summed E-state index contributed by atoms with van der Waals surface area (Å²) in [5.74, 6) is 0. The second-order valence-electron chi connectivity index (χ2n) is 7.69. The highest BCUT2D eigenvalue weighted by Gasteiger charge is 2.27. The summed E-state index contributed by atoms with van der Waals surface area (Å²) in [5.41, 5.74) is 7.54. The van der Waals surface area contributed by atoms with Crippen molar-refractivity contribution in [3.8, 4) is 11.1 Å². The highest BCUT2D eigenvalue weighted by Crippen LogP contribution is 2.36. The molecule has 1 unspecified atom stereocenters. The summed E-state index contributed by atoms with van der Waals surface area (Å²) in [6, 6.07) is 8.62. The van der Waals surface area contributed by atoms with E-state index in [1.54, 1.807) is 6.26 Å². The van der Waals surface area contributed by atoms with Gasteiger partial charge in [-0.1, -0.05) is 0 Å².